The van der Waals surface area contributed by atoms with Crippen molar-refractivity contribution in [3.63, 3.8) is 0 Å². The summed E-state index contributed by atoms with van der Waals surface area (Å²) in [4.78, 5) is 54.0. The Kier molecular flexibility index (Phi) is 27.1. The third-order valence-corrected chi connectivity index (χ3v) is 6.98. The molecule has 1 heterocycles. The molecular weight excluding hydrogens is 622 g/mol. The lowest BCUT2D eigenvalue weighted by molar-refractivity contribution is -0.140. The summed E-state index contributed by atoms with van der Waals surface area (Å²) in [6.45, 7) is 11.5. The van der Waals surface area contributed by atoms with Crippen LogP contribution >= 0.6 is 0 Å². The van der Waals surface area contributed by atoms with Crippen LogP contribution in [0.15, 0.2) is 0 Å². The molecule has 1 amide bonds. The van der Waals surface area contributed by atoms with Crippen LogP contribution in [0.4, 0.5) is 0 Å². The maximum Gasteiger partial charge on any atom is 0.317 e. The van der Waals surface area contributed by atoms with Crippen molar-refractivity contribution in [1.82, 2.24) is 24.9 Å². The number of nitrogens with one attached hydrogen (secondary N) is 1. The van der Waals surface area contributed by atoms with E-state index < -0.39 is 11.9 Å². The van der Waals surface area contributed by atoms with E-state index in [9.17, 15) is 29.4 Å². The minimum Gasteiger partial charge on any atom is -0.480 e. The molecule has 0 saturated carbocycles. The van der Waals surface area contributed by atoms with Gasteiger partial charge in [-0.05, 0) is 6.92 Å². The highest BCUT2D eigenvalue weighted by atomic mass is 16.6. The number of amides is 1. The van der Waals surface area contributed by atoms with E-state index in [4.69, 9.17) is 28.4 Å². The first kappa shape index (κ1) is 42.7. The fourth-order valence-corrected chi connectivity index (χ4v) is 4.49. The zero-order chi connectivity index (χ0) is 34.4. The van der Waals surface area contributed by atoms with Gasteiger partial charge in [0.1, 0.15) is 6.29 Å². The summed E-state index contributed by atoms with van der Waals surface area (Å²) in [6, 6.07) is 0. The smallest absolute Gasteiger partial charge is 0.317 e. The molecule has 17 heteroatoms. The second-order valence-electron chi connectivity index (χ2n) is 10.7. The van der Waals surface area contributed by atoms with E-state index in [0.29, 0.717) is 138 Å². The number of carboxylic acids is 2. The number of aldehydes is 1. The van der Waals surface area contributed by atoms with E-state index in [1.807, 2.05) is 16.7 Å². The Morgan fingerprint density at radius 3 is 1.26 bits per heavy atom. The van der Waals surface area contributed by atoms with Gasteiger partial charge >= 0.3 is 11.9 Å². The molecule has 0 aromatic carbocycles. The Balaban J connectivity index is 2.24. The van der Waals surface area contributed by atoms with Gasteiger partial charge in [-0.15, -0.1) is 0 Å². The molecule has 0 aromatic heterocycles. The molecule has 0 unspecified atom stereocenters. The summed E-state index contributed by atoms with van der Waals surface area (Å²) in [5.41, 5.74) is 0. The Morgan fingerprint density at radius 2 is 0.894 bits per heavy atom. The van der Waals surface area contributed by atoms with Crippen molar-refractivity contribution in [3.8, 4) is 0 Å². The van der Waals surface area contributed by atoms with Crippen molar-refractivity contribution >= 4 is 24.1 Å². The highest BCUT2D eigenvalue weighted by molar-refractivity contribution is 5.78. The molecule has 0 aliphatic carbocycles. The lowest BCUT2D eigenvalue weighted by atomic mass is 10.3. The average molecular weight is 680 g/mol. The van der Waals surface area contributed by atoms with Gasteiger partial charge < -0.3 is 48.7 Å². The Labute approximate surface area is 278 Å². The predicted octanol–water partition coefficient (Wildman–Crippen LogP) is -2.19. The SMILES string of the molecule is CCOCCOCCOCCOCCOCCOCCNC(=O)CN1CCN(CC=O)CCN(CC(=O)O)CCN(CC(=O)O)CC1. The standard InChI is InChI=1S/C30H57N5O12/c1-2-42-15-16-44-19-20-46-23-24-47-22-21-45-18-17-43-14-3-31-28(37)25-33-6-4-32(12-13-36)5-7-34(26-29(38)39)10-11-35(9-8-33)27-30(40)41/h13H,2-12,14-27H2,1H3,(H,31,37)(H,38,39)(H,40,41). The second-order valence-corrected chi connectivity index (χ2v) is 10.7. The van der Waals surface area contributed by atoms with Gasteiger partial charge in [0.2, 0.25) is 5.91 Å². The third kappa shape index (κ3) is 26.3. The van der Waals surface area contributed by atoms with Gasteiger partial charge in [-0.2, -0.15) is 0 Å². The van der Waals surface area contributed by atoms with Crippen molar-refractivity contribution in [2.24, 2.45) is 0 Å². The maximum absolute atomic E-state index is 12.7. The zero-order valence-corrected chi connectivity index (χ0v) is 28.0. The van der Waals surface area contributed by atoms with Crippen LogP contribution in [0.3, 0.4) is 0 Å². The maximum atomic E-state index is 12.7. The van der Waals surface area contributed by atoms with Crippen molar-refractivity contribution in [2.45, 2.75) is 6.92 Å². The molecule has 3 N–H and O–H groups in total. The minimum absolute atomic E-state index is 0.109. The Morgan fingerprint density at radius 1 is 0.553 bits per heavy atom. The molecule has 0 atom stereocenters. The molecule has 1 aliphatic heterocycles. The Bertz CT molecular complexity index is 828. The van der Waals surface area contributed by atoms with E-state index >= 15 is 0 Å². The van der Waals surface area contributed by atoms with Crippen LogP contribution < -0.4 is 5.32 Å². The number of rotatable bonds is 27. The largest absolute Gasteiger partial charge is 0.480 e. The molecule has 47 heavy (non-hydrogen) atoms. The zero-order valence-electron chi connectivity index (χ0n) is 28.0. The first-order valence-electron chi connectivity index (χ1n) is 16.3. The van der Waals surface area contributed by atoms with Gasteiger partial charge in [0.05, 0.1) is 98.9 Å². The molecule has 0 bridgehead atoms. The number of ether oxygens (including phenoxy) is 6. The number of carbonyl (C=O) groups is 4. The fraction of sp³-hybridized carbons (Fsp3) is 0.867. The van der Waals surface area contributed by atoms with Crippen LogP contribution in [0.5, 0.6) is 0 Å². The van der Waals surface area contributed by atoms with Crippen molar-refractivity contribution in [2.75, 3.05) is 164 Å². The number of aliphatic carboxylic acids is 2. The van der Waals surface area contributed by atoms with Gasteiger partial charge in [0.25, 0.3) is 0 Å². The molecule has 17 nitrogen and oxygen atoms in total. The number of carbonyl (C=O) groups excluding carboxylic acids is 2. The molecule has 274 valence electrons. The normalized spacial score (nSPS) is 16.4. The molecule has 0 aromatic rings. The first-order chi connectivity index (χ1) is 22.8. The van der Waals surface area contributed by atoms with Crippen LogP contribution in [0.2, 0.25) is 0 Å². The molecule has 0 radical (unpaired) electrons. The summed E-state index contributed by atoms with van der Waals surface area (Å²) in [6.07, 6.45) is 0.806. The van der Waals surface area contributed by atoms with E-state index in [-0.39, 0.29) is 32.1 Å². The van der Waals surface area contributed by atoms with Gasteiger partial charge in [-0.1, -0.05) is 0 Å². The van der Waals surface area contributed by atoms with Crippen LogP contribution in [0.25, 0.3) is 0 Å². The quantitative estimate of drug-likeness (QED) is 0.0627. The number of hydrogen-bond donors (Lipinski definition) is 3. The molecule has 1 fully saturated rings. The minimum atomic E-state index is -0.977. The van der Waals surface area contributed by atoms with Gasteiger partial charge in [-0.25, -0.2) is 0 Å². The van der Waals surface area contributed by atoms with Gasteiger partial charge in [0, 0.05) is 65.5 Å². The van der Waals surface area contributed by atoms with E-state index in [0.717, 1.165) is 6.29 Å². The monoisotopic (exact) mass is 679 g/mol. The topological polar surface area (TPSA) is 189 Å². The highest BCUT2D eigenvalue weighted by Gasteiger charge is 2.20. The number of carboxylic acid groups (broad SMARTS) is 2. The third-order valence-electron chi connectivity index (χ3n) is 6.98. The van der Waals surface area contributed by atoms with Crippen molar-refractivity contribution < 1.29 is 57.8 Å². The summed E-state index contributed by atoms with van der Waals surface area (Å²) in [5, 5.41) is 21.5. The number of nitrogens with zero attached hydrogens (tertiary/aromatic N) is 4. The van der Waals surface area contributed by atoms with E-state index in [1.54, 1.807) is 9.80 Å². The van der Waals surface area contributed by atoms with Crippen LogP contribution in [0, 0.1) is 0 Å². The highest BCUT2D eigenvalue weighted by Crippen LogP contribution is 2.01. The Hall–Kier alpha value is -2.32. The molecule has 0 spiro atoms. The molecular formula is C30H57N5O12. The lowest BCUT2D eigenvalue weighted by Crippen LogP contribution is -2.49. The molecule has 1 saturated heterocycles. The summed E-state index contributed by atoms with van der Waals surface area (Å²) >= 11 is 0. The van der Waals surface area contributed by atoms with Crippen LogP contribution in [-0.2, 0) is 47.6 Å². The fourth-order valence-electron chi connectivity index (χ4n) is 4.49. The summed E-state index contributed by atoms with van der Waals surface area (Å²) < 4.78 is 32.4. The van der Waals surface area contributed by atoms with Gasteiger partial charge in [0.15, 0.2) is 0 Å². The van der Waals surface area contributed by atoms with Crippen LogP contribution in [0.1, 0.15) is 6.92 Å². The predicted molar refractivity (Wildman–Crippen MR) is 171 cm³/mol. The first-order valence-corrected chi connectivity index (χ1v) is 16.3. The summed E-state index contributed by atoms with van der Waals surface area (Å²) in [5.74, 6) is -2.13. The van der Waals surface area contributed by atoms with Crippen molar-refractivity contribution in [1.29, 1.82) is 0 Å². The van der Waals surface area contributed by atoms with Crippen molar-refractivity contribution in [3.05, 3.63) is 0 Å². The number of hydrogen-bond acceptors (Lipinski definition) is 14. The van der Waals surface area contributed by atoms with E-state index in [1.165, 1.54) is 0 Å². The van der Waals surface area contributed by atoms with Gasteiger partial charge in [-0.3, -0.25) is 34.0 Å². The molecule has 1 aliphatic rings. The van der Waals surface area contributed by atoms with Crippen LogP contribution in [-0.4, -0.2) is 218 Å². The lowest BCUT2D eigenvalue weighted by Gasteiger charge is -2.32. The average Bonchev–Trinajstić information content (AvgIpc) is 3.03. The second kappa shape index (κ2) is 29.8. The van der Waals surface area contributed by atoms with E-state index in [2.05, 4.69) is 5.32 Å². The summed E-state index contributed by atoms with van der Waals surface area (Å²) in [7, 11) is 0. The molecule has 1 rings (SSSR count).